The summed E-state index contributed by atoms with van der Waals surface area (Å²) in [6, 6.07) is 8.13. The molecule has 0 bridgehead atoms. The van der Waals surface area contributed by atoms with E-state index in [4.69, 9.17) is 10.5 Å². The molecule has 1 unspecified atom stereocenters. The minimum absolute atomic E-state index is 0.176. The lowest BCUT2D eigenvalue weighted by Crippen LogP contribution is -2.13. The van der Waals surface area contributed by atoms with Crippen LogP contribution >= 0.6 is 0 Å². The van der Waals surface area contributed by atoms with Crippen LogP contribution in [0.5, 0.6) is 5.75 Å². The van der Waals surface area contributed by atoms with Crippen LogP contribution < -0.4 is 10.5 Å². The van der Waals surface area contributed by atoms with Crippen LogP contribution in [0.1, 0.15) is 30.0 Å². The predicted octanol–water partition coefficient (Wildman–Crippen LogP) is 3.69. The zero-order chi connectivity index (χ0) is 15.0. The molecule has 2 aromatic rings. The minimum Gasteiger partial charge on any atom is -0.490 e. The van der Waals surface area contributed by atoms with Crippen molar-refractivity contribution in [2.75, 3.05) is 0 Å². The molecule has 0 aromatic heterocycles. The molecule has 2 nitrogen and oxygen atoms in total. The Hall–Kier alpha value is -2.01. The van der Waals surface area contributed by atoms with Gasteiger partial charge in [0.25, 0.3) is 0 Å². The van der Waals surface area contributed by atoms with Crippen molar-refractivity contribution in [1.82, 2.24) is 0 Å². The third kappa shape index (κ3) is 3.03. The molecular formula is C16H14F3NO. The van der Waals surface area contributed by atoms with Gasteiger partial charge in [-0.25, -0.2) is 13.2 Å². The van der Waals surface area contributed by atoms with Gasteiger partial charge in [0, 0.05) is 0 Å². The molecular weight excluding hydrogens is 279 g/mol. The fourth-order valence-electron chi connectivity index (χ4n) is 2.11. The van der Waals surface area contributed by atoms with Crippen LogP contribution in [-0.2, 0) is 0 Å². The van der Waals surface area contributed by atoms with Gasteiger partial charge in [0.05, 0.1) is 12.1 Å². The molecule has 0 spiro atoms. The maximum Gasteiger partial charge on any atom is 0.194 e. The Morgan fingerprint density at radius 3 is 2.29 bits per heavy atom. The van der Waals surface area contributed by atoms with Gasteiger partial charge >= 0.3 is 0 Å². The predicted molar refractivity (Wildman–Crippen MR) is 72.4 cm³/mol. The first kappa shape index (κ1) is 13.9. The van der Waals surface area contributed by atoms with Gasteiger partial charge in [0.1, 0.15) is 5.75 Å². The van der Waals surface area contributed by atoms with Crippen LogP contribution in [-0.4, -0.2) is 6.10 Å². The molecule has 2 N–H and O–H groups in total. The lowest BCUT2D eigenvalue weighted by atomic mass is 9.99. The molecule has 2 aromatic carbocycles. The second kappa shape index (κ2) is 5.41. The van der Waals surface area contributed by atoms with Gasteiger partial charge in [-0.2, -0.15) is 0 Å². The van der Waals surface area contributed by atoms with E-state index in [1.165, 1.54) is 0 Å². The number of halogens is 3. The summed E-state index contributed by atoms with van der Waals surface area (Å²) < 4.78 is 45.2. The highest BCUT2D eigenvalue weighted by Crippen LogP contribution is 2.30. The third-order valence-corrected chi connectivity index (χ3v) is 3.41. The number of ether oxygens (including phenoxy) is 1. The van der Waals surface area contributed by atoms with E-state index >= 15 is 0 Å². The van der Waals surface area contributed by atoms with Crippen molar-refractivity contribution >= 4 is 0 Å². The molecule has 0 aliphatic heterocycles. The van der Waals surface area contributed by atoms with Gasteiger partial charge in [-0.05, 0) is 48.2 Å². The summed E-state index contributed by atoms with van der Waals surface area (Å²) in [4.78, 5) is 0. The average molecular weight is 293 g/mol. The van der Waals surface area contributed by atoms with Gasteiger partial charge < -0.3 is 10.5 Å². The fraction of sp³-hybridized carbons (Fsp3) is 0.250. The average Bonchev–Trinajstić information content (AvgIpc) is 3.27. The van der Waals surface area contributed by atoms with Crippen LogP contribution in [0, 0.1) is 17.5 Å². The molecule has 110 valence electrons. The number of rotatable bonds is 4. The maximum atomic E-state index is 13.3. The van der Waals surface area contributed by atoms with E-state index in [1.54, 1.807) is 24.3 Å². The van der Waals surface area contributed by atoms with Gasteiger partial charge in [-0.15, -0.1) is 0 Å². The van der Waals surface area contributed by atoms with E-state index in [2.05, 4.69) is 0 Å². The molecule has 1 saturated carbocycles. The van der Waals surface area contributed by atoms with Crippen molar-refractivity contribution in [3.63, 3.8) is 0 Å². The summed E-state index contributed by atoms with van der Waals surface area (Å²) in [5.41, 5.74) is 6.84. The van der Waals surface area contributed by atoms with Gasteiger partial charge in [-0.3, -0.25) is 0 Å². The van der Waals surface area contributed by atoms with Gasteiger partial charge in [0.2, 0.25) is 0 Å². The van der Waals surface area contributed by atoms with Gasteiger partial charge in [0.15, 0.2) is 17.5 Å². The number of hydrogen-bond donors (Lipinski definition) is 1. The quantitative estimate of drug-likeness (QED) is 0.873. The first-order chi connectivity index (χ1) is 10.0. The molecule has 0 radical (unpaired) electrons. The minimum atomic E-state index is -1.49. The molecule has 1 aliphatic rings. The monoisotopic (exact) mass is 293 g/mol. The van der Waals surface area contributed by atoms with Crippen molar-refractivity contribution < 1.29 is 17.9 Å². The Morgan fingerprint density at radius 2 is 1.67 bits per heavy atom. The van der Waals surface area contributed by atoms with E-state index in [0.717, 1.165) is 25.0 Å². The van der Waals surface area contributed by atoms with Crippen molar-refractivity contribution in [2.45, 2.75) is 25.0 Å². The van der Waals surface area contributed by atoms with Crippen molar-refractivity contribution in [3.8, 4) is 5.75 Å². The summed E-state index contributed by atoms with van der Waals surface area (Å²) in [6.45, 7) is 0. The van der Waals surface area contributed by atoms with E-state index in [-0.39, 0.29) is 11.7 Å². The second-order valence-corrected chi connectivity index (χ2v) is 5.17. The summed E-state index contributed by atoms with van der Waals surface area (Å²) in [6.07, 6.45) is 2.31. The van der Waals surface area contributed by atoms with Crippen molar-refractivity contribution in [2.24, 2.45) is 5.73 Å². The SMILES string of the molecule is NC(c1cccc(OC2CC2)c1)c1cc(F)c(F)c(F)c1. The molecule has 1 aliphatic carbocycles. The lowest BCUT2D eigenvalue weighted by molar-refractivity contribution is 0.303. The zero-order valence-corrected chi connectivity index (χ0v) is 11.2. The molecule has 21 heavy (non-hydrogen) atoms. The van der Waals surface area contributed by atoms with E-state index < -0.39 is 23.5 Å². The smallest absolute Gasteiger partial charge is 0.194 e. The topological polar surface area (TPSA) is 35.2 Å². The summed E-state index contributed by atoms with van der Waals surface area (Å²) in [7, 11) is 0. The zero-order valence-electron chi connectivity index (χ0n) is 11.2. The largest absolute Gasteiger partial charge is 0.490 e. The molecule has 5 heteroatoms. The third-order valence-electron chi connectivity index (χ3n) is 3.41. The molecule has 0 amide bonds. The lowest BCUT2D eigenvalue weighted by Gasteiger charge is -2.15. The molecule has 1 atom stereocenters. The molecule has 0 saturated heterocycles. The van der Waals surface area contributed by atoms with E-state index in [1.807, 2.05) is 0 Å². The Kier molecular flexibility index (Phi) is 3.59. The van der Waals surface area contributed by atoms with Crippen LogP contribution in [0.25, 0.3) is 0 Å². The Labute approximate surface area is 120 Å². The van der Waals surface area contributed by atoms with Crippen LogP contribution in [0.4, 0.5) is 13.2 Å². The Bertz CT molecular complexity index is 647. The van der Waals surface area contributed by atoms with Crippen LogP contribution in [0.2, 0.25) is 0 Å². The molecule has 1 fully saturated rings. The molecule has 3 rings (SSSR count). The number of nitrogens with two attached hydrogens (primary N) is 1. The Balaban J connectivity index is 1.88. The Morgan fingerprint density at radius 1 is 1.00 bits per heavy atom. The molecule has 0 heterocycles. The standard InChI is InChI=1S/C16H14F3NO/c17-13-7-10(8-14(18)15(13)19)16(20)9-2-1-3-12(6-9)21-11-4-5-11/h1-3,6-8,11,16H,4-5,20H2. The van der Waals surface area contributed by atoms with Crippen LogP contribution in [0.3, 0.4) is 0 Å². The highest BCUT2D eigenvalue weighted by molar-refractivity contribution is 5.37. The van der Waals surface area contributed by atoms with Gasteiger partial charge in [-0.1, -0.05) is 12.1 Å². The highest BCUT2D eigenvalue weighted by Gasteiger charge is 2.24. The summed E-state index contributed by atoms with van der Waals surface area (Å²) in [5.74, 6) is -3.30. The first-order valence-corrected chi connectivity index (χ1v) is 6.71. The number of hydrogen-bond acceptors (Lipinski definition) is 2. The normalized spacial score (nSPS) is 15.8. The van der Waals surface area contributed by atoms with E-state index in [0.29, 0.717) is 11.3 Å². The van der Waals surface area contributed by atoms with Crippen molar-refractivity contribution in [1.29, 1.82) is 0 Å². The summed E-state index contributed by atoms with van der Waals surface area (Å²) >= 11 is 0. The van der Waals surface area contributed by atoms with Crippen molar-refractivity contribution in [3.05, 3.63) is 65.0 Å². The maximum absolute atomic E-state index is 13.3. The second-order valence-electron chi connectivity index (χ2n) is 5.17. The van der Waals surface area contributed by atoms with Crippen LogP contribution in [0.15, 0.2) is 36.4 Å². The highest BCUT2D eigenvalue weighted by atomic mass is 19.2. The fourth-order valence-corrected chi connectivity index (χ4v) is 2.11. The number of benzene rings is 2. The first-order valence-electron chi connectivity index (χ1n) is 6.71. The summed E-state index contributed by atoms with van der Waals surface area (Å²) in [5, 5.41) is 0. The van der Waals surface area contributed by atoms with E-state index in [9.17, 15) is 13.2 Å².